The lowest BCUT2D eigenvalue weighted by atomic mass is 9.89. The molecule has 2 unspecified atom stereocenters. The van der Waals surface area contributed by atoms with Crippen molar-refractivity contribution in [3.8, 4) is 0 Å². The minimum Gasteiger partial charge on any atom is -0.324 e. The van der Waals surface area contributed by atoms with Gasteiger partial charge in [0.25, 0.3) is 0 Å². The third kappa shape index (κ3) is 4.41. The molecule has 0 heterocycles. The summed E-state index contributed by atoms with van der Waals surface area (Å²) >= 11 is 0. The standard InChI is InChI=1S/C16H26FN/c1-4-6-7-13(5-2)10-16(18)14-9-8-12(3)15(17)11-14/h8-9,11,13,16H,4-7,10,18H2,1-3H3. The van der Waals surface area contributed by atoms with E-state index >= 15 is 0 Å². The highest BCUT2D eigenvalue weighted by Crippen LogP contribution is 2.25. The second kappa shape index (κ2) is 7.52. The summed E-state index contributed by atoms with van der Waals surface area (Å²) in [5, 5.41) is 0. The van der Waals surface area contributed by atoms with Crippen LogP contribution >= 0.6 is 0 Å². The minimum atomic E-state index is -0.149. The summed E-state index contributed by atoms with van der Waals surface area (Å²) in [7, 11) is 0. The second-order valence-corrected chi connectivity index (χ2v) is 5.27. The van der Waals surface area contributed by atoms with E-state index in [9.17, 15) is 4.39 Å². The fourth-order valence-electron chi connectivity index (χ4n) is 2.32. The van der Waals surface area contributed by atoms with Crippen molar-refractivity contribution in [2.75, 3.05) is 0 Å². The molecular weight excluding hydrogens is 225 g/mol. The van der Waals surface area contributed by atoms with E-state index in [4.69, 9.17) is 5.73 Å². The third-order valence-corrected chi connectivity index (χ3v) is 3.75. The van der Waals surface area contributed by atoms with Crippen molar-refractivity contribution in [1.29, 1.82) is 0 Å². The normalized spacial score (nSPS) is 14.5. The molecule has 2 N–H and O–H groups in total. The fraction of sp³-hybridized carbons (Fsp3) is 0.625. The molecule has 102 valence electrons. The quantitative estimate of drug-likeness (QED) is 0.744. The van der Waals surface area contributed by atoms with Crippen molar-refractivity contribution < 1.29 is 4.39 Å². The molecule has 0 spiro atoms. The summed E-state index contributed by atoms with van der Waals surface area (Å²) in [5.74, 6) is 0.508. The van der Waals surface area contributed by atoms with E-state index in [1.165, 1.54) is 19.3 Å². The van der Waals surface area contributed by atoms with Crippen molar-refractivity contribution in [1.82, 2.24) is 0 Å². The van der Waals surface area contributed by atoms with E-state index in [0.717, 1.165) is 18.4 Å². The summed E-state index contributed by atoms with van der Waals surface area (Å²) in [4.78, 5) is 0. The topological polar surface area (TPSA) is 26.0 Å². The molecule has 1 aromatic rings. The zero-order chi connectivity index (χ0) is 13.5. The van der Waals surface area contributed by atoms with Crippen molar-refractivity contribution >= 4 is 0 Å². The average molecular weight is 251 g/mol. The van der Waals surface area contributed by atoms with Crippen molar-refractivity contribution in [2.45, 2.75) is 58.9 Å². The van der Waals surface area contributed by atoms with Crippen LogP contribution in [0.3, 0.4) is 0 Å². The number of aryl methyl sites for hydroxylation is 1. The molecule has 0 fully saturated rings. The zero-order valence-corrected chi connectivity index (χ0v) is 11.9. The van der Waals surface area contributed by atoms with Gasteiger partial charge in [-0.05, 0) is 36.5 Å². The fourth-order valence-corrected chi connectivity index (χ4v) is 2.32. The van der Waals surface area contributed by atoms with Crippen LogP contribution in [0.5, 0.6) is 0 Å². The van der Waals surface area contributed by atoms with E-state index < -0.39 is 0 Å². The third-order valence-electron chi connectivity index (χ3n) is 3.75. The minimum absolute atomic E-state index is 0.0399. The molecule has 0 aliphatic heterocycles. The van der Waals surface area contributed by atoms with Crippen LogP contribution in [0, 0.1) is 18.7 Å². The van der Waals surface area contributed by atoms with Crippen LogP contribution < -0.4 is 5.73 Å². The maximum absolute atomic E-state index is 13.5. The predicted octanol–water partition coefficient (Wildman–Crippen LogP) is 4.74. The molecule has 1 nitrogen and oxygen atoms in total. The van der Waals surface area contributed by atoms with Gasteiger partial charge in [0.05, 0.1) is 0 Å². The van der Waals surface area contributed by atoms with Crippen LogP contribution in [-0.2, 0) is 0 Å². The number of unbranched alkanes of at least 4 members (excludes halogenated alkanes) is 1. The van der Waals surface area contributed by atoms with E-state index in [2.05, 4.69) is 13.8 Å². The van der Waals surface area contributed by atoms with Crippen molar-refractivity contribution in [3.05, 3.63) is 35.1 Å². The number of benzene rings is 1. The number of nitrogens with two attached hydrogens (primary N) is 1. The van der Waals surface area contributed by atoms with Gasteiger partial charge < -0.3 is 5.73 Å². The lowest BCUT2D eigenvalue weighted by Crippen LogP contribution is -2.15. The van der Waals surface area contributed by atoms with E-state index in [-0.39, 0.29) is 11.9 Å². The molecule has 0 aliphatic carbocycles. The van der Waals surface area contributed by atoms with Crippen LogP contribution in [0.1, 0.15) is 63.1 Å². The monoisotopic (exact) mass is 251 g/mol. The summed E-state index contributed by atoms with van der Waals surface area (Å²) in [6.07, 6.45) is 5.83. The molecule has 2 heteroatoms. The first-order valence-electron chi connectivity index (χ1n) is 7.10. The lowest BCUT2D eigenvalue weighted by Gasteiger charge is -2.20. The second-order valence-electron chi connectivity index (χ2n) is 5.27. The van der Waals surface area contributed by atoms with E-state index in [1.807, 2.05) is 12.1 Å². The highest BCUT2D eigenvalue weighted by atomic mass is 19.1. The molecule has 0 aromatic heterocycles. The van der Waals surface area contributed by atoms with Crippen LogP contribution in [-0.4, -0.2) is 0 Å². The van der Waals surface area contributed by atoms with Gasteiger partial charge >= 0.3 is 0 Å². The van der Waals surface area contributed by atoms with Crippen LogP contribution in [0.15, 0.2) is 18.2 Å². The molecule has 18 heavy (non-hydrogen) atoms. The zero-order valence-electron chi connectivity index (χ0n) is 11.9. The molecular formula is C16H26FN. The van der Waals surface area contributed by atoms with Crippen LogP contribution in [0.25, 0.3) is 0 Å². The van der Waals surface area contributed by atoms with Gasteiger partial charge in [-0.25, -0.2) is 4.39 Å². The van der Waals surface area contributed by atoms with Crippen molar-refractivity contribution in [3.63, 3.8) is 0 Å². The van der Waals surface area contributed by atoms with Gasteiger partial charge in [-0.3, -0.25) is 0 Å². The Morgan fingerprint density at radius 2 is 2.00 bits per heavy atom. The average Bonchev–Trinajstić information content (AvgIpc) is 2.37. The number of hydrogen-bond acceptors (Lipinski definition) is 1. The van der Waals surface area contributed by atoms with Crippen molar-refractivity contribution in [2.24, 2.45) is 11.7 Å². The summed E-state index contributed by atoms with van der Waals surface area (Å²) < 4.78 is 13.5. The first-order chi connectivity index (χ1) is 8.58. The number of hydrogen-bond donors (Lipinski definition) is 1. The number of rotatable bonds is 7. The molecule has 0 amide bonds. The highest BCUT2D eigenvalue weighted by molar-refractivity contribution is 5.25. The Morgan fingerprint density at radius 1 is 1.28 bits per heavy atom. The summed E-state index contributed by atoms with van der Waals surface area (Å²) in [6.45, 7) is 6.20. The van der Waals surface area contributed by atoms with Gasteiger partial charge in [0.1, 0.15) is 5.82 Å². The van der Waals surface area contributed by atoms with E-state index in [1.54, 1.807) is 13.0 Å². The predicted molar refractivity (Wildman–Crippen MR) is 76.0 cm³/mol. The molecule has 1 aromatic carbocycles. The molecule has 2 atom stereocenters. The lowest BCUT2D eigenvalue weighted by molar-refractivity contribution is 0.388. The maximum Gasteiger partial charge on any atom is 0.126 e. The largest absolute Gasteiger partial charge is 0.324 e. The molecule has 0 aliphatic rings. The molecule has 0 saturated carbocycles. The Kier molecular flexibility index (Phi) is 6.34. The smallest absolute Gasteiger partial charge is 0.126 e. The van der Waals surface area contributed by atoms with Gasteiger partial charge in [0, 0.05) is 6.04 Å². The van der Waals surface area contributed by atoms with Crippen LogP contribution in [0.4, 0.5) is 4.39 Å². The maximum atomic E-state index is 13.5. The number of halogens is 1. The Hall–Kier alpha value is -0.890. The SMILES string of the molecule is CCCCC(CC)CC(N)c1ccc(C)c(F)c1. The first kappa shape index (κ1) is 15.2. The van der Waals surface area contributed by atoms with Gasteiger partial charge in [0.15, 0.2) is 0 Å². The van der Waals surface area contributed by atoms with Crippen LogP contribution in [0.2, 0.25) is 0 Å². The Bertz CT molecular complexity index is 362. The molecule has 0 saturated heterocycles. The summed E-state index contributed by atoms with van der Waals surface area (Å²) in [5.41, 5.74) is 7.80. The first-order valence-corrected chi connectivity index (χ1v) is 7.10. The Balaban J connectivity index is 2.62. The molecule has 0 radical (unpaired) electrons. The molecule has 0 bridgehead atoms. The van der Waals surface area contributed by atoms with Gasteiger partial charge in [-0.15, -0.1) is 0 Å². The van der Waals surface area contributed by atoms with E-state index in [0.29, 0.717) is 11.5 Å². The molecule has 1 rings (SSSR count). The van der Waals surface area contributed by atoms with Gasteiger partial charge in [-0.2, -0.15) is 0 Å². The Morgan fingerprint density at radius 3 is 2.56 bits per heavy atom. The van der Waals surface area contributed by atoms with Gasteiger partial charge in [0.2, 0.25) is 0 Å². The Labute approximate surface area is 111 Å². The van der Waals surface area contributed by atoms with Gasteiger partial charge in [-0.1, -0.05) is 51.7 Å². The highest BCUT2D eigenvalue weighted by Gasteiger charge is 2.14. The summed E-state index contributed by atoms with van der Waals surface area (Å²) in [6, 6.07) is 5.32.